The van der Waals surface area contributed by atoms with Crippen LogP contribution in [0, 0.1) is 0 Å². The fourth-order valence-electron chi connectivity index (χ4n) is 0.262. The lowest BCUT2D eigenvalue weighted by atomic mass is 10.7. The van der Waals surface area contributed by atoms with Crippen LogP contribution in [0.4, 0.5) is 0 Å². The van der Waals surface area contributed by atoms with Crippen LogP contribution in [0.25, 0.3) is 0 Å². The molecule has 0 aromatic heterocycles. The number of carbonyl (C=O) groups is 1. The van der Waals surface area contributed by atoms with Gasteiger partial charge in [-0.25, -0.2) is 4.99 Å². The molecule has 4 heteroatoms. The molecular weight excluding hydrogens is 130 g/mol. The topological polar surface area (TPSA) is 29.4 Å². The normalized spacial score (nSPS) is 29.3. The van der Waals surface area contributed by atoms with Crippen molar-refractivity contribution in [2.75, 3.05) is 0 Å². The van der Waals surface area contributed by atoms with E-state index in [9.17, 15) is 4.79 Å². The molecule has 0 saturated heterocycles. The molecule has 0 aliphatic carbocycles. The van der Waals surface area contributed by atoms with E-state index < -0.39 is 0 Å². The molecule has 1 aliphatic heterocycles. The number of carbonyl (C=O) groups excluding carboxylic acids is 1. The smallest absolute Gasteiger partial charge is 0.269 e. The second-order valence-electron chi connectivity index (χ2n) is 1.06. The van der Waals surface area contributed by atoms with Crippen molar-refractivity contribution in [3.63, 3.8) is 0 Å². The first-order valence-electron chi connectivity index (χ1n) is 1.70. The number of thiol groups is 1. The summed E-state index contributed by atoms with van der Waals surface area (Å²) in [6, 6.07) is 0. The van der Waals surface area contributed by atoms with Crippen LogP contribution in [-0.2, 0) is 4.79 Å². The Morgan fingerprint density at radius 1 is 2.00 bits per heavy atom. The van der Waals surface area contributed by atoms with Gasteiger partial charge in [-0.05, 0) is 0 Å². The van der Waals surface area contributed by atoms with Gasteiger partial charge in [0, 0.05) is 0 Å². The van der Waals surface area contributed by atoms with E-state index in [1.165, 1.54) is 17.3 Å². The molecule has 0 radical (unpaired) electrons. The van der Waals surface area contributed by atoms with Crippen LogP contribution in [0.3, 0.4) is 0 Å². The van der Waals surface area contributed by atoms with E-state index in [0.717, 1.165) is 0 Å². The molecule has 0 N–H and O–H groups in total. The lowest BCUT2D eigenvalue weighted by molar-refractivity contribution is -0.115. The van der Waals surface area contributed by atoms with Crippen molar-refractivity contribution in [3.8, 4) is 0 Å². The Kier molecular flexibility index (Phi) is 1.39. The van der Waals surface area contributed by atoms with Gasteiger partial charge in [0.1, 0.15) is 4.58 Å². The molecule has 7 heavy (non-hydrogen) atoms. The van der Waals surface area contributed by atoms with Gasteiger partial charge in [-0.2, -0.15) is 12.6 Å². The van der Waals surface area contributed by atoms with Crippen molar-refractivity contribution in [1.82, 2.24) is 0 Å². The van der Waals surface area contributed by atoms with E-state index in [1.807, 2.05) is 0 Å². The number of aliphatic imine (C=N–C) groups is 1. The first kappa shape index (κ1) is 5.18. The van der Waals surface area contributed by atoms with Gasteiger partial charge in [0.15, 0.2) is 0 Å². The van der Waals surface area contributed by atoms with E-state index in [1.54, 1.807) is 0 Å². The number of rotatable bonds is 0. The minimum atomic E-state index is -0.236. The van der Waals surface area contributed by atoms with E-state index in [4.69, 9.17) is 0 Å². The van der Waals surface area contributed by atoms with Crippen LogP contribution in [0.15, 0.2) is 4.99 Å². The molecule has 1 rings (SSSR count). The monoisotopic (exact) mass is 133 g/mol. The van der Waals surface area contributed by atoms with Gasteiger partial charge in [-0.3, -0.25) is 4.79 Å². The van der Waals surface area contributed by atoms with Gasteiger partial charge in [0.25, 0.3) is 5.91 Å². The van der Waals surface area contributed by atoms with Crippen molar-refractivity contribution in [2.24, 2.45) is 4.99 Å². The van der Waals surface area contributed by atoms with Gasteiger partial charge in [0.2, 0.25) is 0 Å². The molecule has 1 heterocycles. The maximum Gasteiger partial charge on any atom is 0.269 e. The Labute approximate surface area is 50.8 Å². The summed E-state index contributed by atoms with van der Waals surface area (Å²) >= 11 is 5.20. The summed E-state index contributed by atoms with van der Waals surface area (Å²) in [5.74, 6) is -0.145. The van der Waals surface area contributed by atoms with Gasteiger partial charge >= 0.3 is 0 Å². The summed E-state index contributed by atoms with van der Waals surface area (Å²) in [6.45, 7) is 0. The maximum absolute atomic E-state index is 10.3. The van der Waals surface area contributed by atoms with E-state index in [0.29, 0.717) is 0 Å². The van der Waals surface area contributed by atoms with Crippen LogP contribution in [0.5, 0.6) is 0 Å². The zero-order valence-corrected chi connectivity index (χ0v) is 5.08. The van der Waals surface area contributed by atoms with Gasteiger partial charge in [-0.15, -0.1) is 0 Å². The van der Waals surface area contributed by atoms with Crippen molar-refractivity contribution in [1.29, 1.82) is 0 Å². The highest BCUT2D eigenvalue weighted by atomic mass is 32.2. The molecule has 0 aromatic carbocycles. The van der Waals surface area contributed by atoms with E-state index in [-0.39, 0.29) is 10.5 Å². The minimum absolute atomic E-state index is 0.145. The third-order valence-electron chi connectivity index (χ3n) is 0.581. The summed E-state index contributed by atoms with van der Waals surface area (Å²) in [5.41, 5.74) is 1.51. The Bertz CT molecular complexity index is 122. The summed E-state index contributed by atoms with van der Waals surface area (Å²) in [6.07, 6.45) is 0. The van der Waals surface area contributed by atoms with Crippen molar-refractivity contribution >= 4 is 35.8 Å². The molecule has 1 aliphatic rings. The molecule has 38 valence electrons. The first-order chi connectivity index (χ1) is 3.30. The lowest BCUT2D eigenvalue weighted by Gasteiger charge is -1.87. The molecule has 0 spiro atoms. The minimum Gasteiger partial charge on any atom is -0.270 e. The highest BCUT2D eigenvalue weighted by Crippen LogP contribution is 2.18. The zero-order valence-electron chi connectivity index (χ0n) is 3.37. The Morgan fingerprint density at radius 3 is 2.86 bits per heavy atom. The Morgan fingerprint density at radius 2 is 2.71 bits per heavy atom. The standard InChI is InChI=1S/C3H3NOS2/c5-2-3(6)7-1-4-2/h1,3,6H. The predicted molar refractivity (Wildman–Crippen MR) is 33.9 cm³/mol. The predicted octanol–water partition coefficient (Wildman–Crippen LogP) is 0.544. The van der Waals surface area contributed by atoms with Gasteiger partial charge < -0.3 is 0 Å². The molecular formula is C3H3NOS2. The lowest BCUT2D eigenvalue weighted by Crippen LogP contribution is -1.99. The number of hydrogen-bond acceptors (Lipinski definition) is 3. The number of thioether (sulfide) groups is 1. The average molecular weight is 133 g/mol. The molecule has 0 bridgehead atoms. The third kappa shape index (κ3) is 0.978. The highest BCUT2D eigenvalue weighted by molar-refractivity contribution is 8.21. The fourth-order valence-corrected chi connectivity index (χ4v) is 0.949. The third-order valence-corrected chi connectivity index (χ3v) is 1.85. The van der Waals surface area contributed by atoms with Crippen LogP contribution in [0.2, 0.25) is 0 Å². The number of hydrogen-bond donors (Lipinski definition) is 1. The van der Waals surface area contributed by atoms with Gasteiger partial charge in [-0.1, -0.05) is 11.8 Å². The Hall–Kier alpha value is 0.0400. The zero-order chi connectivity index (χ0) is 5.28. The molecule has 2 nitrogen and oxygen atoms in total. The van der Waals surface area contributed by atoms with Gasteiger partial charge in [0.05, 0.1) is 5.55 Å². The average Bonchev–Trinajstić information content (AvgIpc) is 1.91. The molecule has 0 saturated carbocycles. The Balaban J connectivity index is 2.62. The van der Waals surface area contributed by atoms with Crippen molar-refractivity contribution in [3.05, 3.63) is 0 Å². The summed E-state index contributed by atoms with van der Waals surface area (Å²) in [4.78, 5) is 13.7. The number of amides is 1. The summed E-state index contributed by atoms with van der Waals surface area (Å²) in [7, 11) is 0. The highest BCUT2D eigenvalue weighted by Gasteiger charge is 2.16. The van der Waals surface area contributed by atoms with Crippen molar-refractivity contribution < 1.29 is 4.79 Å². The van der Waals surface area contributed by atoms with E-state index >= 15 is 0 Å². The van der Waals surface area contributed by atoms with Crippen LogP contribution < -0.4 is 0 Å². The SMILES string of the molecule is O=C1N=CSC1S. The van der Waals surface area contributed by atoms with E-state index in [2.05, 4.69) is 17.6 Å². The molecule has 0 fully saturated rings. The largest absolute Gasteiger partial charge is 0.270 e. The number of nitrogens with zero attached hydrogens (tertiary/aromatic N) is 1. The quantitative estimate of drug-likeness (QED) is 0.489. The second-order valence-corrected chi connectivity index (χ2v) is 2.88. The molecule has 1 unspecified atom stereocenters. The summed E-state index contributed by atoms with van der Waals surface area (Å²) in [5, 5.41) is 0. The molecule has 1 atom stereocenters. The van der Waals surface area contributed by atoms with Crippen molar-refractivity contribution in [2.45, 2.75) is 4.58 Å². The fraction of sp³-hybridized carbons (Fsp3) is 0.333. The van der Waals surface area contributed by atoms with Crippen LogP contribution in [-0.4, -0.2) is 16.0 Å². The van der Waals surface area contributed by atoms with Crippen LogP contribution >= 0.6 is 24.4 Å². The van der Waals surface area contributed by atoms with Crippen LogP contribution in [0.1, 0.15) is 0 Å². The molecule has 1 amide bonds. The molecule has 0 aromatic rings. The second kappa shape index (κ2) is 1.88. The maximum atomic E-state index is 10.3. The first-order valence-corrected chi connectivity index (χ1v) is 3.16. The summed E-state index contributed by atoms with van der Waals surface area (Å²) < 4.78 is -0.236.